The van der Waals surface area contributed by atoms with E-state index in [4.69, 9.17) is 10.5 Å². The summed E-state index contributed by atoms with van der Waals surface area (Å²) in [7, 11) is 0. The van der Waals surface area contributed by atoms with Crippen molar-refractivity contribution < 1.29 is 29.6 Å². The minimum absolute atomic E-state index is 0. The van der Waals surface area contributed by atoms with Crippen LogP contribution in [0.5, 0.6) is 0 Å². The Morgan fingerprint density at radius 1 is 1.17 bits per heavy atom. The van der Waals surface area contributed by atoms with Crippen molar-refractivity contribution in [2.45, 2.75) is 6.42 Å². The van der Waals surface area contributed by atoms with Crippen LogP contribution in [0.1, 0.15) is 6.42 Å². The number of nitriles is 2. The number of nitrogens with zero attached hydrogens (tertiary/aromatic N) is 2. The molecule has 0 fully saturated rings. The number of hydrogen-bond acceptors (Lipinski definition) is 2. The van der Waals surface area contributed by atoms with Crippen LogP contribution in [0, 0.1) is 22.7 Å². The van der Waals surface area contributed by atoms with Gasteiger partial charge in [-0.2, -0.15) is 10.5 Å². The first-order valence-electron chi connectivity index (χ1n) is 1.15. The van der Waals surface area contributed by atoms with E-state index in [1.165, 1.54) is 0 Å². The molecule has 6 heavy (non-hydrogen) atoms. The van der Waals surface area contributed by atoms with Gasteiger partial charge in [0.2, 0.25) is 0 Å². The molecule has 0 aromatic heterocycles. The fourth-order valence-corrected chi connectivity index (χ4v) is 0.0354. The molecule has 0 radical (unpaired) electrons. The SMILES string of the molecule is N#CCC#N.[Na+]. The monoisotopic (exact) mass is 89.0 g/mol. The fraction of sp³-hybridized carbons (Fsp3) is 0.333. The average molecular weight is 89.1 g/mol. The molecule has 0 saturated carbocycles. The molecule has 2 nitrogen and oxygen atoms in total. The van der Waals surface area contributed by atoms with Gasteiger partial charge in [0.1, 0.15) is 6.42 Å². The summed E-state index contributed by atoms with van der Waals surface area (Å²) in [6.45, 7) is 0. The van der Waals surface area contributed by atoms with Crippen molar-refractivity contribution in [3.05, 3.63) is 0 Å². The Labute approximate surface area is 58.7 Å². The zero-order valence-electron chi connectivity index (χ0n) is 3.60. The van der Waals surface area contributed by atoms with Crippen LogP contribution in [0.3, 0.4) is 0 Å². The molecule has 0 aliphatic heterocycles. The van der Waals surface area contributed by atoms with E-state index in [0.29, 0.717) is 0 Å². The van der Waals surface area contributed by atoms with Crippen LogP contribution in [0.15, 0.2) is 0 Å². The molecule has 0 spiro atoms. The van der Waals surface area contributed by atoms with Crippen LogP contribution in [0.4, 0.5) is 0 Å². The van der Waals surface area contributed by atoms with Gasteiger partial charge in [-0.3, -0.25) is 0 Å². The first-order chi connectivity index (χ1) is 2.41. The third-order valence-corrected chi connectivity index (χ3v) is 0.158. The van der Waals surface area contributed by atoms with Gasteiger partial charge in [-0.15, -0.1) is 0 Å². The molecule has 0 saturated heterocycles. The first kappa shape index (κ1) is 9.36. The molecule has 0 bridgehead atoms. The molecule has 0 aliphatic carbocycles. The minimum atomic E-state index is 0. The topological polar surface area (TPSA) is 47.6 Å². The van der Waals surface area contributed by atoms with Crippen LogP contribution in [-0.2, 0) is 0 Å². The van der Waals surface area contributed by atoms with Crippen LogP contribution in [-0.4, -0.2) is 0 Å². The van der Waals surface area contributed by atoms with Crippen LogP contribution >= 0.6 is 0 Å². The Bertz CT molecular complexity index is 73.9. The van der Waals surface area contributed by atoms with Crippen LogP contribution in [0.25, 0.3) is 0 Å². The molecule has 0 aromatic carbocycles. The van der Waals surface area contributed by atoms with Gasteiger partial charge >= 0.3 is 29.6 Å². The molecule has 0 N–H and O–H groups in total. The van der Waals surface area contributed by atoms with E-state index >= 15 is 0 Å². The van der Waals surface area contributed by atoms with Gasteiger partial charge in [-0.05, 0) is 0 Å². The largest absolute Gasteiger partial charge is 1.00 e. The van der Waals surface area contributed by atoms with E-state index in [1.807, 2.05) is 0 Å². The normalized spacial score (nSPS) is 3.67. The van der Waals surface area contributed by atoms with Gasteiger partial charge in [0.15, 0.2) is 0 Å². The third-order valence-electron chi connectivity index (χ3n) is 0.158. The molecule has 0 atom stereocenters. The maximum absolute atomic E-state index is 7.59. The van der Waals surface area contributed by atoms with Crippen molar-refractivity contribution in [3.63, 3.8) is 0 Å². The number of rotatable bonds is 0. The molecular formula is C3H2N2Na+. The summed E-state index contributed by atoms with van der Waals surface area (Å²) < 4.78 is 0. The molecule has 24 valence electrons. The summed E-state index contributed by atoms with van der Waals surface area (Å²) >= 11 is 0. The maximum Gasteiger partial charge on any atom is 1.00 e. The van der Waals surface area contributed by atoms with E-state index in [0.717, 1.165) is 0 Å². The molecule has 0 unspecified atom stereocenters. The summed E-state index contributed by atoms with van der Waals surface area (Å²) in [6.07, 6.45) is 0. The van der Waals surface area contributed by atoms with E-state index in [9.17, 15) is 0 Å². The van der Waals surface area contributed by atoms with Gasteiger partial charge in [0, 0.05) is 0 Å². The van der Waals surface area contributed by atoms with Gasteiger partial charge < -0.3 is 0 Å². The Hall–Kier alpha value is -0.0200. The molecule has 0 aromatic rings. The predicted octanol–water partition coefficient (Wildman–Crippen LogP) is -2.57. The van der Waals surface area contributed by atoms with Crippen molar-refractivity contribution in [2.24, 2.45) is 0 Å². The molecule has 0 amide bonds. The standard InChI is InChI=1S/C3H2N2.Na/c4-2-1-3-5;/h1H2;/q;+1. The third kappa shape index (κ3) is 9.02. The first-order valence-corrected chi connectivity index (χ1v) is 1.15. The second-order valence-corrected chi connectivity index (χ2v) is 0.493. The molecule has 0 aliphatic rings. The zero-order chi connectivity index (χ0) is 4.12. The quantitative estimate of drug-likeness (QED) is 0.306. The second kappa shape index (κ2) is 8.88. The van der Waals surface area contributed by atoms with Crippen molar-refractivity contribution in [1.82, 2.24) is 0 Å². The summed E-state index contributed by atoms with van der Waals surface area (Å²) in [5, 5.41) is 15.2. The Kier molecular flexibility index (Phi) is 13.9. The smallest absolute Gasteiger partial charge is 0.197 e. The maximum atomic E-state index is 7.59. The fourth-order valence-electron chi connectivity index (χ4n) is 0.0354. The Balaban J connectivity index is 0. The van der Waals surface area contributed by atoms with Crippen molar-refractivity contribution in [2.75, 3.05) is 0 Å². The van der Waals surface area contributed by atoms with Crippen molar-refractivity contribution >= 4 is 0 Å². The minimum Gasteiger partial charge on any atom is -0.197 e. The Morgan fingerprint density at radius 3 is 1.50 bits per heavy atom. The van der Waals surface area contributed by atoms with E-state index in [1.54, 1.807) is 12.1 Å². The summed E-state index contributed by atoms with van der Waals surface area (Å²) in [4.78, 5) is 0. The predicted molar refractivity (Wildman–Crippen MR) is 15.8 cm³/mol. The average Bonchev–Trinajstić information content (AvgIpc) is 1.41. The Morgan fingerprint density at radius 2 is 1.50 bits per heavy atom. The molecule has 3 heteroatoms. The van der Waals surface area contributed by atoms with E-state index in [-0.39, 0.29) is 36.0 Å². The van der Waals surface area contributed by atoms with E-state index in [2.05, 4.69) is 0 Å². The number of hydrogen-bond donors (Lipinski definition) is 0. The summed E-state index contributed by atoms with van der Waals surface area (Å²) in [5.41, 5.74) is 0. The van der Waals surface area contributed by atoms with Gasteiger partial charge in [-0.1, -0.05) is 0 Å². The second-order valence-electron chi connectivity index (χ2n) is 0.493. The van der Waals surface area contributed by atoms with Crippen LogP contribution in [0.2, 0.25) is 0 Å². The summed E-state index contributed by atoms with van der Waals surface area (Å²) in [6, 6.07) is 3.31. The van der Waals surface area contributed by atoms with Crippen LogP contribution < -0.4 is 29.6 Å². The van der Waals surface area contributed by atoms with E-state index < -0.39 is 0 Å². The van der Waals surface area contributed by atoms with Gasteiger partial charge in [0.25, 0.3) is 0 Å². The van der Waals surface area contributed by atoms with Gasteiger partial charge in [0.05, 0.1) is 12.1 Å². The zero-order valence-corrected chi connectivity index (χ0v) is 5.60. The molecular weight excluding hydrogens is 87.0 g/mol. The van der Waals surface area contributed by atoms with Crippen molar-refractivity contribution in [3.8, 4) is 12.1 Å². The van der Waals surface area contributed by atoms with Crippen molar-refractivity contribution in [1.29, 1.82) is 10.5 Å². The van der Waals surface area contributed by atoms with Gasteiger partial charge in [-0.25, -0.2) is 0 Å². The molecule has 0 heterocycles. The summed E-state index contributed by atoms with van der Waals surface area (Å²) in [5.74, 6) is 0. The molecule has 0 rings (SSSR count).